The first-order chi connectivity index (χ1) is 21.2. The van der Waals surface area contributed by atoms with Crippen LogP contribution in [-0.4, -0.2) is 83.7 Å². The van der Waals surface area contributed by atoms with Crippen molar-refractivity contribution >= 4 is 40.5 Å². The third-order valence-corrected chi connectivity index (χ3v) is 7.72. The van der Waals surface area contributed by atoms with Gasteiger partial charge >= 0.3 is 5.97 Å². The van der Waals surface area contributed by atoms with E-state index < -0.39 is 10.9 Å². The predicted octanol–water partition coefficient (Wildman–Crippen LogP) is 5.37. The molecule has 0 bridgehead atoms. The molecule has 0 radical (unpaired) electrons. The number of fused-ring (bicyclic) bond motifs is 1. The molecule has 0 spiro atoms. The van der Waals surface area contributed by atoms with Crippen molar-refractivity contribution in [2.75, 3.05) is 55.9 Å². The summed E-state index contributed by atoms with van der Waals surface area (Å²) in [5, 5.41) is 15.4. The summed E-state index contributed by atoms with van der Waals surface area (Å²) in [7, 11) is 5.74. The monoisotopic (exact) mass is 618 g/mol. The van der Waals surface area contributed by atoms with Gasteiger partial charge < -0.3 is 29.5 Å². The Morgan fingerprint density at radius 1 is 1.18 bits per heavy atom. The Hall–Kier alpha value is -4.52. The van der Waals surface area contributed by atoms with Gasteiger partial charge in [-0.25, -0.2) is 9.78 Å². The van der Waals surface area contributed by atoms with Crippen molar-refractivity contribution in [2.45, 2.75) is 65.1 Å². The largest absolute Gasteiger partial charge is 0.488 e. The van der Waals surface area contributed by atoms with E-state index in [-0.39, 0.29) is 34.8 Å². The van der Waals surface area contributed by atoms with E-state index in [1.165, 1.54) is 12.3 Å². The minimum absolute atomic E-state index is 0.0379. The summed E-state index contributed by atoms with van der Waals surface area (Å²) in [6, 6.07) is 7.08. The van der Waals surface area contributed by atoms with Crippen molar-refractivity contribution in [1.82, 2.24) is 19.9 Å². The van der Waals surface area contributed by atoms with Crippen LogP contribution < -0.4 is 19.9 Å². The number of pyridine rings is 1. The molecule has 2 aliphatic rings. The van der Waals surface area contributed by atoms with Crippen molar-refractivity contribution in [3.8, 4) is 5.75 Å². The molecule has 1 aliphatic heterocycles. The van der Waals surface area contributed by atoms with Crippen LogP contribution in [0.25, 0.3) is 0 Å². The fourth-order valence-electron chi connectivity index (χ4n) is 5.23. The van der Waals surface area contributed by atoms with Crippen LogP contribution in [0.4, 0.5) is 34.5 Å². The van der Waals surface area contributed by atoms with Gasteiger partial charge in [0.1, 0.15) is 17.0 Å². The van der Waals surface area contributed by atoms with E-state index in [9.17, 15) is 14.9 Å². The maximum atomic E-state index is 13.3. The normalized spacial score (nSPS) is 15.3. The van der Waals surface area contributed by atoms with Crippen molar-refractivity contribution in [3.63, 3.8) is 0 Å². The van der Waals surface area contributed by atoms with Crippen LogP contribution in [0.2, 0.25) is 0 Å². The van der Waals surface area contributed by atoms with Crippen molar-refractivity contribution in [2.24, 2.45) is 0 Å². The molecule has 3 heterocycles. The summed E-state index contributed by atoms with van der Waals surface area (Å²) in [6.07, 6.45) is 2.95. The molecule has 1 N–H and O–H groups in total. The molecule has 13 heteroatoms. The molecule has 1 saturated carbocycles. The van der Waals surface area contributed by atoms with Crippen LogP contribution in [0.5, 0.6) is 5.75 Å². The average Bonchev–Trinajstić information content (AvgIpc) is 3.74. The Bertz CT molecular complexity index is 1600. The van der Waals surface area contributed by atoms with Gasteiger partial charge in [0.15, 0.2) is 5.82 Å². The summed E-state index contributed by atoms with van der Waals surface area (Å²) in [6.45, 7) is 11.5. The summed E-state index contributed by atoms with van der Waals surface area (Å²) in [5.41, 5.74) is 3.27. The first-order valence-corrected chi connectivity index (χ1v) is 15.2. The van der Waals surface area contributed by atoms with Gasteiger partial charge in [0, 0.05) is 56.1 Å². The second-order valence-electron chi connectivity index (χ2n) is 12.9. The number of nitrogens with one attached hydrogen (secondary N) is 1. The second kappa shape index (κ2) is 12.5. The van der Waals surface area contributed by atoms with E-state index in [2.05, 4.69) is 24.1 Å². The quantitative estimate of drug-likeness (QED) is 0.159. The molecule has 13 nitrogen and oxygen atoms in total. The Balaban J connectivity index is 1.58. The van der Waals surface area contributed by atoms with Gasteiger partial charge in [0.25, 0.3) is 5.69 Å². The molecule has 2 aromatic heterocycles. The maximum Gasteiger partial charge on any atom is 0.343 e. The van der Waals surface area contributed by atoms with E-state index in [1.54, 1.807) is 19.9 Å². The van der Waals surface area contributed by atoms with E-state index in [0.717, 1.165) is 36.5 Å². The number of anilines is 5. The molecule has 0 amide bonds. The topological polar surface area (TPSA) is 139 Å². The molecule has 1 aliphatic carbocycles. The number of ether oxygens (including phenoxy) is 2. The van der Waals surface area contributed by atoms with Crippen molar-refractivity contribution < 1.29 is 19.2 Å². The lowest BCUT2D eigenvalue weighted by atomic mass is 9.91. The lowest BCUT2D eigenvalue weighted by Crippen LogP contribution is -2.29. The molecule has 45 heavy (non-hydrogen) atoms. The number of hydrogen-bond donors (Lipinski definition) is 1. The molecular weight excluding hydrogens is 576 g/mol. The Kier molecular flexibility index (Phi) is 8.83. The molecular formula is C32H42N8O5. The zero-order chi connectivity index (χ0) is 32.6. The van der Waals surface area contributed by atoms with Crippen LogP contribution in [0.15, 0.2) is 30.5 Å². The zero-order valence-corrected chi connectivity index (χ0v) is 27.2. The fraction of sp³-hybridized carbons (Fsp3) is 0.500. The third-order valence-electron chi connectivity index (χ3n) is 7.72. The molecule has 0 saturated heterocycles. The smallest absolute Gasteiger partial charge is 0.343 e. The first-order valence-electron chi connectivity index (χ1n) is 15.2. The molecule has 240 valence electrons. The van der Waals surface area contributed by atoms with Gasteiger partial charge in [-0.3, -0.25) is 15.1 Å². The minimum atomic E-state index is -0.545. The molecule has 0 unspecified atom stereocenters. The highest BCUT2D eigenvalue weighted by atomic mass is 16.6. The predicted molar refractivity (Wildman–Crippen MR) is 173 cm³/mol. The molecule has 1 aromatic carbocycles. The summed E-state index contributed by atoms with van der Waals surface area (Å²) < 4.78 is 11.8. The van der Waals surface area contributed by atoms with E-state index >= 15 is 0 Å². The summed E-state index contributed by atoms with van der Waals surface area (Å²) >= 11 is 0. The van der Waals surface area contributed by atoms with Crippen LogP contribution >= 0.6 is 0 Å². The lowest BCUT2D eigenvalue weighted by molar-refractivity contribution is -0.384. The Labute approximate surface area is 263 Å². The number of carbonyl (C=O) groups excluding carboxylic acids is 1. The Morgan fingerprint density at radius 3 is 2.56 bits per heavy atom. The lowest BCUT2D eigenvalue weighted by Gasteiger charge is -2.24. The third kappa shape index (κ3) is 7.08. The summed E-state index contributed by atoms with van der Waals surface area (Å²) in [4.78, 5) is 45.0. The molecule has 0 atom stereocenters. The number of carbonyl (C=O) groups is 1. The summed E-state index contributed by atoms with van der Waals surface area (Å²) in [5.74, 6) is 0.433. The number of likely N-dealkylation sites (N-methyl/N-ethyl adjacent to an activating group) is 2. The number of nitro benzene ring substituents is 1. The molecule has 1 fully saturated rings. The van der Waals surface area contributed by atoms with Crippen molar-refractivity contribution in [1.29, 1.82) is 0 Å². The number of aryl methyl sites for hydroxylation is 1. The highest BCUT2D eigenvalue weighted by Crippen LogP contribution is 2.45. The van der Waals surface area contributed by atoms with E-state index in [1.807, 2.05) is 54.9 Å². The number of nitro groups is 1. The van der Waals surface area contributed by atoms with Gasteiger partial charge in [0.05, 0.1) is 34.2 Å². The van der Waals surface area contributed by atoms with Gasteiger partial charge in [-0.15, -0.1) is 0 Å². The maximum absolute atomic E-state index is 13.3. The van der Waals surface area contributed by atoms with Gasteiger partial charge in [-0.1, -0.05) is 13.8 Å². The van der Waals surface area contributed by atoms with E-state index in [4.69, 9.17) is 19.4 Å². The average molecular weight is 619 g/mol. The number of nitrogens with zero attached hydrogens (tertiary/aromatic N) is 7. The standard InChI is InChI=1S/C32H42N8O5/c1-19(2)44-30(41)22-17-33-31(36-29(22)39-18-32(4,5)28-24(39)12-9-20(3)34-28)35-23-15-26(40(42)43)25(38(8)14-13-37(6)7)16-27(23)45-21-10-11-21/h9,12,15-17,19,21H,10-11,13-14,18H2,1-8H3,(H,33,35,36). The van der Waals surface area contributed by atoms with Crippen LogP contribution in [0.3, 0.4) is 0 Å². The van der Waals surface area contributed by atoms with Crippen LogP contribution in [0.1, 0.15) is 62.3 Å². The number of aromatic nitrogens is 3. The van der Waals surface area contributed by atoms with Crippen LogP contribution in [0, 0.1) is 17.0 Å². The van der Waals surface area contributed by atoms with Gasteiger partial charge in [-0.2, -0.15) is 4.98 Å². The van der Waals surface area contributed by atoms with Crippen LogP contribution in [-0.2, 0) is 10.2 Å². The SMILES string of the molecule is Cc1ccc2c(n1)C(C)(C)CN2c1nc(Nc2cc([N+](=O)[O-])c(N(C)CCN(C)C)cc2OC2CC2)ncc1C(=O)OC(C)C. The van der Waals surface area contributed by atoms with E-state index in [0.29, 0.717) is 36.0 Å². The number of hydrogen-bond acceptors (Lipinski definition) is 12. The Morgan fingerprint density at radius 2 is 1.91 bits per heavy atom. The first kappa shape index (κ1) is 31.9. The van der Waals surface area contributed by atoms with Gasteiger partial charge in [0.2, 0.25) is 5.95 Å². The number of benzene rings is 1. The van der Waals surface area contributed by atoms with Crippen molar-refractivity contribution in [3.05, 3.63) is 57.5 Å². The molecule has 3 aromatic rings. The number of esters is 1. The zero-order valence-electron chi connectivity index (χ0n) is 27.2. The number of rotatable bonds is 12. The molecule has 5 rings (SSSR count). The minimum Gasteiger partial charge on any atom is -0.488 e. The second-order valence-corrected chi connectivity index (χ2v) is 12.9. The highest BCUT2D eigenvalue weighted by Gasteiger charge is 2.40. The van der Waals surface area contributed by atoms with Gasteiger partial charge in [-0.05, 0) is 59.8 Å². The fourth-order valence-corrected chi connectivity index (χ4v) is 5.23. The highest BCUT2D eigenvalue weighted by molar-refractivity contribution is 5.96.